The predicted molar refractivity (Wildman–Crippen MR) is 81.1 cm³/mol. The topological polar surface area (TPSA) is 60.2 Å². The van der Waals surface area contributed by atoms with Crippen molar-refractivity contribution in [3.8, 4) is 0 Å². The average Bonchev–Trinajstić information content (AvgIpc) is 2.98. The zero-order valence-corrected chi connectivity index (χ0v) is 12.7. The second-order valence-electron chi connectivity index (χ2n) is 4.93. The lowest BCUT2D eigenvalue weighted by molar-refractivity contribution is 0.192. The molecule has 0 aliphatic heterocycles. The fraction of sp³-hybridized carbons (Fsp3) is 0.500. The standard InChI is InChI=1S/C16H23N3O2/c1-3-11-17-15(13-8-5-4-6-9-13)16-19-18-14(21-16)10-7-12-20-2/h4-6,8-9,15,17H,3,7,10-12H2,1-2H3. The molecule has 1 aromatic carbocycles. The van der Waals surface area contributed by atoms with Crippen LogP contribution < -0.4 is 5.32 Å². The molecular weight excluding hydrogens is 266 g/mol. The third-order valence-electron chi connectivity index (χ3n) is 3.20. The van der Waals surface area contributed by atoms with Crippen LogP contribution in [0.5, 0.6) is 0 Å². The molecule has 1 aromatic heterocycles. The van der Waals surface area contributed by atoms with E-state index in [-0.39, 0.29) is 6.04 Å². The number of benzene rings is 1. The average molecular weight is 289 g/mol. The minimum Gasteiger partial charge on any atom is -0.423 e. The monoisotopic (exact) mass is 289 g/mol. The minimum absolute atomic E-state index is 0.0465. The van der Waals surface area contributed by atoms with Gasteiger partial charge in [0.25, 0.3) is 0 Å². The van der Waals surface area contributed by atoms with E-state index in [1.807, 2.05) is 18.2 Å². The van der Waals surface area contributed by atoms with E-state index in [4.69, 9.17) is 9.15 Å². The molecule has 0 amide bonds. The molecule has 114 valence electrons. The summed E-state index contributed by atoms with van der Waals surface area (Å²) in [5.74, 6) is 1.29. The van der Waals surface area contributed by atoms with Crippen molar-refractivity contribution in [3.63, 3.8) is 0 Å². The molecule has 5 nitrogen and oxygen atoms in total. The Morgan fingerprint density at radius 1 is 1.24 bits per heavy atom. The van der Waals surface area contributed by atoms with Crippen molar-refractivity contribution in [3.05, 3.63) is 47.7 Å². The van der Waals surface area contributed by atoms with Crippen LogP contribution in [0, 0.1) is 0 Å². The molecule has 0 aliphatic rings. The first kappa shape index (κ1) is 15.7. The van der Waals surface area contributed by atoms with Crippen molar-refractivity contribution >= 4 is 0 Å². The first-order valence-electron chi connectivity index (χ1n) is 7.44. The Labute approximate surface area is 125 Å². The third kappa shape index (κ3) is 4.65. The van der Waals surface area contributed by atoms with Gasteiger partial charge in [-0.05, 0) is 24.9 Å². The Balaban J connectivity index is 2.09. The lowest BCUT2D eigenvalue weighted by Crippen LogP contribution is -2.23. The lowest BCUT2D eigenvalue weighted by Gasteiger charge is -2.14. The molecule has 1 unspecified atom stereocenters. The summed E-state index contributed by atoms with van der Waals surface area (Å²) < 4.78 is 10.8. The summed E-state index contributed by atoms with van der Waals surface area (Å²) in [6, 6.07) is 10.1. The zero-order valence-electron chi connectivity index (χ0n) is 12.7. The summed E-state index contributed by atoms with van der Waals surface area (Å²) in [5.41, 5.74) is 1.14. The maximum Gasteiger partial charge on any atom is 0.237 e. The quantitative estimate of drug-likeness (QED) is 0.719. The Hall–Kier alpha value is -1.72. The van der Waals surface area contributed by atoms with Crippen LogP contribution in [0.4, 0.5) is 0 Å². The SMILES string of the molecule is CCCNC(c1ccccc1)c1nnc(CCCOC)o1. The number of methoxy groups -OCH3 is 1. The molecule has 1 heterocycles. The van der Waals surface area contributed by atoms with Gasteiger partial charge in [-0.15, -0.1) is 10.2 Å². The Kier molecular flexibility index (Phi) is 6.37. The van der Waals surface area contributed by atoms with Crippen LogP contribution in [0.25, 0.3) is 0 Å². The van der Waals surface area contributed by atoms with Crippen LogP contribution in [0.15, 0.2) is 34.7 Å². The van der Waals surface area contributed by atoms with Crippen LogP contribution in [0.3, 0.4) is 0 Å². The number of ether oxygens (including phenoxy) is 1. The van der Waals surface area contributed by atoms with E-state index in [2.05, 4.69) is 34.6 Å². The highest BCUT2D eigenvalue weighted by Crippen LogP contribution is 2.21. The highest BCUT2D eigenvalue weighted by atomic mass is 16.5. The summed E-state index contributed by atoms with van der Waals surface area (Å²) in [6.07, 6.45) is 2.69. The number of nitrogens with zero attached hydrogens (tertiary/aromatic N) is 2. The fourth-order valence-corrected chi connectivity index (χ4v) is 2.13. The molecule has 5 heteroatoms. The largest absolute Gasteiger partial charge is 0.423 e. The van der Waals surface area contributed by atoms with E-state index >= 15 is 0 Å². The molecule has 0 spiro atoms. The van der Waals surface area contributed by atoms with Crippen LogP contribution in [0.2, 0.25) is 0 Å². The van der Waals surface area contributed by atoms with Gasteiger partial charge in [-0.25, -0.2) is 0 Å². The van der Waals surface area contributed by atoms with Crippen LogP contribution in [-0.2, 0) is 11.2 Å². The number of aryl methyl sites for hydroxylation is 1. The minimum atomic E-state index is -0.0465. The van der Waals surface area contributed by atoms with Gasteiger partial charge < -0.3 is 14.5 Å². The van der Waals surface area contributed by atoms with Gasteiger partial charge in [0, 0.05) is 20.1 Å². The first-order valence-corrected chi connectivity index (χ1v) is 7.44. The summed E-state index contributed by atoms with van der Waals surface area (Å²) >= 11 is 0. The van der Waals surface area contributed by atoms with Crippen LogP contribution in [-0.4, -0.2) is 30.5 Å². The van der Waals surface area contributed by atoms with Gasteiger partial charge in [-0.1, -0.05) is 37.3 Å². The van der Waals surface area contributed by atoms with Gasteiger partial charge in [0.15, 0.2) is 0 Å². The molecule has 0 fully saturated rings. The summed E-state index contributed by atoms with van der Waals surface area (Å²) in [5, 5.41) is 11.8. The second kappa shape index (κ2) is 8.54. The smallest absolute Gasteiger partial charge is 0.237 e. The number of nitrogens with one attached hydrogen (secondary N) is 1. The predicted octanol–water partition coefficient (Wildman–Crippen LogP) is 2.74. The Bertz CT molecular complexity index is 513. The van der Waals surface area contributed by atoms with Gasteiger partial charge in [0.05, 0.1) is 0 Å². The molecule has 1 atom stereocenters. The first-order chi connectivity index (χ1) is 10.3. The van der Waals surface area contributed by atoms with Crippen molar-refractivity contribution in [2.45, 2.75) is 32.2 Å². The van der Waals surface area contributed by atoms with E-state index in [0.29, 0.717) is 18.4 Å². The molecule has 0 aliphatic carbocycles. The van der Waals surface area contributed by atoms with Gasteiger partial charge >= 0.3 is 0 Å². The van der Waals surface area contributed by atoms with Crippen molar-refractivity contribution in [1.82, 2.24) is 15.5 Å². The molecule has 0 radical (unpaired) electrons. The van der Waals surface area contributed by atoms with Crippen molar-refractivity contribution in [2.75, 3.05) is 20.3 Å². The highest BCUT2D eigenvalue weighted by molar-refractivity contribution is 5.23. The molecule has 1 N–H and O–H groups in total. The normalized spacial score (nSPS) is 12.5. The van der Waals surface area contributed by atoms with E-state index in [1.165, 1.54) is 0 Å². The Morgan fingerprint density at radius 3 is 2.76 bits per heavy atom. The van der Waals surface area contributed by atoms with E-state index in [9.17, 15) is 0 Å². The molecule has 0 saturated heterocycles. The maximum atomic E-state index is 5.80. The molecule has 2 rings (SSSR count). The maximum absolute atomic E-state index is 5.80. The molecule has 2 aromatic rings. The summed E-state index contributed by atoms with van der Waals surface area (Å²) in [4.78, 5) is 0. The van der Waals surface area contributed by atoms with E-state index in [1.54, 1.807) is 7.11 Å². The van der Waals surface area contributed by atoms with E-state index < -0.39 is 0 Å². The van der Waals surface area contributed by atoms with Gasteiger partial charge in [-0.3, -0.25) is 0 Å². The van der Waals surface area contributed by atoms with Crippen LogP contribution >= 0.6 is 0 Å². The number of rotatable bonds is 9. The Morgan fingerprint density at radius 2 is 2.05 bits per heavy atom. The van der Waals surface area contributed by atoms with Crippen LogP contribution in [0.1, 0.15) is 43.2 Å². The third-order valence-corrected chi connectivity index (χ3v) is 3.20. The summed E-state index contributed by atoms with van der Waals surface area (Å²) in [7, 11) is 1.69. The van der Waals surface area contributed by atoms with Crippen molar-refractivity contribution in [1.29, 1.82) is 0 Å². The molecule has 21 heavy (non-hydrogen) atoms. The molecule has 0 bridgehead atoms. The van der Waals surface area contributed by atoms with E-state index in [0.717, 1.165) is 31.4 Å². The second-order valence-corrected chi connectivity index (χ2v) is 4.93. The number of hydrogen-bond donors (Lipinski definition) is 1. The van der Waals surface area contributed by atoms with Gasteiger partial charge in [0.1, 0.15) is 6.04 Å². The molecular formula is C16H23N3O2. The highest BCUT2D eigenvalue weighted by Gasteiger charge is 2.19. The summed E-state index contributed by atoms with van der Waals surface area (Å²) in [6.45, 7) is 3.74. The fourth-order valence-electron chi connectivity index (χ4n) is 2.13. The number of aromatic nitrogens is 2. The van der Waals surface area contributed by atoms with Gasteiger partial charge in [-0.2, -0.15) is 0 Å². The van der Waals surface area contributed by atoms with Crippen molar-refractivity contribution < 1.29 is 9.15 Å². The van der Waals surface area contributed by atoms with Gasteiger partial charge in [0.2, 0.25) is 11.8 Å². The zero-order chi connectivity index (χ0) is 14.9. The lowest BCUT2D eigenvalue weighted by atomic mass is 10.1. The molecule has 0 saturated carbocycles. The number of hydrogen-bond acceptors (Lipinski definition) is 5. The van der Waals surface area contributed by atoms with Crippen molar-refractivity contribution in [2.24, 2.45) is 0 Å².